The van der Waals surface area contributed by atoms with Crippen LogP contribution in [-0.4, -0.2) is 73.0 Å². The second-order valence-electron chi connectivity index (χ2n) is 8.96. The Bertz CT molecular complexity index is 935. The Kier molecular flexibility index (Phi) is 7.04. The lowest BCUT2D eigenvalue weighted by atomic mass is 9.99. The average molecular weight is 454 g/mol. The van der Waals surface area contributed by atoms with Crippen molar-refractivity contribution in [2.45, 2.75) is 32.1 Å². The van der Waals surface area contributed by atoms with Crippen LogP contribution in [-0.2, 0) is 27.4 Å². The van der Waals surface area contributed by atoms with Gasteiger partial charge in [-0.2, -0.15) is 0 Å². The van der Waals surface area contributed by atoms with E-state index in [-0.39, 0.29) is 18.8 Å². The van der Waals surface area contributed by atoms with Crippen LogP contribution in [0.4, 0.5) is 0 Å². The maximum Gasteiger partial charge on any atom is 0.236 e. The topological polar surface area (TPSA) is 73.4 Å². The minimum atomic E-state index is -0.0848. The number of pyridine rings is 1. The summed E-state index contributed by atoms with van der Waals surface area (Å²) in [5, 5.41) is 0. The summed E-state index contributed by atoms with van der Waals surface area (Å²) in [4.78, 5) is 21.5. The molecule has 1 aromatic heterocycles. The first-order chi connectivity index (χ1) is 16.2. The van der Waals surface area contributed by atoms with E-state index in [0.717, 1.165) is 55.2 Å². The third-order valence-electron chi connectivity index (χ3n) is 6.52. The van der Waals surface area contributed by atoms with E-state index in [0.29, 0.717) is 38.7 Å². The fourth-order valence-corrected chi connectivity index (χ4v) is 4.74. The maximum absolute atomic E-state index is 13.3. The largest absolute Gasteiger partial charge is 0.454 e. The quantitative estimate of drug-likeness (QED) is 0.638. The van der Waals surface area contributed by atoms with E-state index in [9.17, 15) is 4.79 Å². The maximum atomic E-state index is 13.3. The number of carbonyl (C=O) groups is 1. The predicted octanol–water partition coefficient (Wildman–Crippen LogP) is 2.47. The zero-order valence-electron chi connectivity index (χ0n) is 18.9. The number of fused-ring (bicyclic) bond motifs is 1. The zero-order valence-corrected chi connectivity index (χ0v) is 18.9. The van der Waals surface area contributed by atoms with E-state index in [1.54, 1.807) is 12.4 Å². The fourth-order valence-electron chi connectivity index (χ4n) is 4.74. The summed E-state index contributed by atoms with van der Waals surface area (Å²) in [6, 6.07) is 9.84. The van der Waals surface area contributed by atoms with E-state index in [1.165, 1.54) is 0 Å². The van der Waals surface area contributed by atoms with Crippen molar-refractivity contribution in [1.82, 2.24) is 14.8 Å². The Morgan fingerprint density at radius 2 is 1.91 bits per heavy atom. The minimum Gasteiger partial charge on any atom is -0.454 e. The summed E-state index contributed by atoms with van der Waals surface area (Å²) in [5.41, 5.74) is 2.11. The molecule has 0 unspecified atom stereocenters. The van der Waals surface area contributed by atoms with E-state index in [4.69, 9.17) is 18.9 Å². The van der Waals surface area contributed by atoms with Crippen LogP contribution < -0.4 is 9.47 Å². The molecule has 0 spiro atoms. The molecule has 0 aliphatic carbocycles. The number of hydrogen-bond acceptors (Lipinski definition) is 7. The monoisotopic (exact) mass is 453 g/mol. The van der Waals surface area contributed by atoms with Gasteiger partial charge in [0.2, 0.25) is 12.7 Å². The minimum absolute atomic E-state index is 0.0848. The Balaban J connectivity index is 1.30. The molecule has 1 atom stereocenters. The van der Waals surface area contributed by atoms with Crippen LogP contribution in [0, 0.1) is 5.92 Å². The lowest BCUT2D eigenvalue weighted by Gasteiger charge is -2.30. The second kappa shape index (κ2) is 10.5. The zero-order chi connectivity index (χ0) is 22.5. The van der Waals surface area contributed by atoms with Gasteiger partial charge >= 0.3 is 0 Å². The van der Waals surface area contributed by atoms with Gasteiger partial charge in [0.1, 0.15) is 0 Å². The highest BCUT2D eigenvalue weighted by Gasteiger charge is 2.31. The molecule has 3 aliphatic rings. The molecule has 5 rings (SSSR count). The van der Waals surface area contributed by atoms with Crippen molar-refractivity contribution in [1.29, 1.82) is 0 Å². The molecule has 0 radical (unpaired) electrons. The summed E-state index contributed by atoms with van der Waals surface area (Å²) in [5.74, 6) is 2.18. The molecule has 2 fully saturated rings. The average Bonchev–Trinajstić information content (AvgIpc) is 3.28. The van der Waals surface area contributed by atoms with Gasteiger partial charge in [0.05, 0.1) is 19.3 Å². The molecule has 0 N–H and O–H groups in total. The van der Waals surface area contributed by atoms with E-state index in [1.807, 2.05) is 35.2 Å². The van der Waals surface area contributed by atoms with Crippen LogP contribution in [0.1, 0.15) is 24.0 Å². The third kappa shape index (κ3) is 5.63. The van der Waals surface area contributed by atoms with Crippen molar-refractivity contribution in [3.63, 3.8) is 0 Å². The Hall–Kier alpha value is -2.68. The molecule has 8 heteroatoms. The summed E-state index contributed by atoms with van der Waals surface area (Å²) < 4.78 is 23.1. The first-order valence-corrected chi connectivity index (χ1v) is 11.7. The number of rotatable bonds is 7. The lowest BCUT2D eigenvalue weighted by molar-refractivity contribution is -0.133. The molecule has 0 saturated carbocycles. The van der Waals surface area contributed by atoms with Gasteiger partial charge in [-0.25, -0.2) is 0 Å². The van der Waals surface area contributed by atoms with Crippen molar-refractivity contribution in [2.24, 2.45) is 5.92 Å². The lowest BCUT2D eigenvalue weighted by Crippen LogP contribution is -2.42. The van der Waals surface area contributed by atoms with Crippen molar-refractivity contribution in [2.75, 3.05) is 46.2 Å². The van der Waals surface area contributed by atoms with Crippen LogP contribution in [0.3, 0.4) is 0 Å². The van der Waals surface area contributed by atoms with Gasteiger partial charge < -0.3 is 23.8 Å². The van der Waals surface area contributed by atoms with Crippen molar-refractivity contribution >= 4 is 5.91 Å². The first kappa shape index (κ1) is 22.1. The van der Waals surface area contributed by atoms with Gasteiger partial charge in [-0.15, -0.1) is 0 Å². The highest BCUT2D eigenvalue weighted by atomic mass is 16.7. The van der Waals surface area contributed by atoms with E-state index >= 15 is 0 Å². The van der Waals surface area contributed by atoms with Gasteiger partial charge in [0.25, 0.3) is 0 Å². The summed E-state index contributed by atoms with van der Waals surface area (Å²) in [6.45, 7) is 5.31. The highest BCUT2D eigenvalue weighted by Crippen LogP contribution is 2.36. The fraction of sp³-hybridized carbons (Fsp3) is 0.520. The molecule has 1 amide bonds. The Morgan fingerprint density at radius 1 is 1.06 bits per heavy atom. The van der Waals surface area contributed by atoms with Crippen LogP contribution in [0.5, 0.6) is 11.5 Å². The van der Waals surface area contributed by atoms with Crippen LogP contribution in [0.15, 0.2) is 42.7 Å². The molecule has 2 aromatic rings. The van der Waals surface area contributed by atoms with Gasteiger partial charge in [-0.05, 0) is 42.5 Å². The second-order valence-corrected chi connectivity index (χ2v) is 8.96. The number of carbonyl (C=O) groups excluding carboxylic acids is 1. The smallest absolute Gasteiger partial charge is 0.236 e. The molecule has 0 bridgehead atoms. The first-order valence-electron chi connectivity index (χ1n) is 11.7. The highest BCUT2D eigenvalue weighted by molar-refractivity contribution is 5.78. The SMILES string of the molecule is O=C1CN(Cc2cccc3c2OCO3)C[C@H](OCc2ccncc2)CN1CC1CCOCC1. The summed E-state index contributed by atoms with van der Waals surface area (Å²) in [7, 11) is 0. The Labute approximate surface area is 194 Å². The number of nitrogens with zero attached hydrogens (tertiary/aromatic N) is 3. The standard InChI is InChI=1S/C25H31N3O5/c29-24-16-27(13-21-2-1-3-23-25(21)33-18-32-23)14-22(31-17-20-4-8-26-9-5-20)15-28(24)12-19-6-10-30-11-7-19/h1-5,8-9,19,22H,6-7,10-18H2/t22-/m0/s1. The van der Waals surface area contributed by atoms with Gasteiger partial charge in [-0.3, -0.25) is 14.7 Å². The van der Waals surface area contributed by atoms with E-state index in [2.05, 4.69) is 9.88 Å². The summed E-state index contributed by atoms with van der Waals surface area (Å²) >= 11 is 0. The number of ether oxygens (including phenoxy) is 4. The summed E-state index contributed by atoms with van der Waals surface area (Å²) in [6.07, 6.45) is 5.47. The van der Waals surface area contributed by atoms with Crippen LogP contribution in [0.25, 0.3) is 0 Å². The molecule has 176 valence electrons. The molecular formula is C25H31N3O5. The number of para-hydroxylation sites is 1. The molecule has 3 aliphatic heterocycles. The van der Waals surface area contributed by atoms with Crippen molar-refractivity contribution < 1.29 is 23.7 Å². The van der Waals surface area contributed by atoms with Gasteiger partial charge in [-0.1, -0.05) is 12.1 Å². The van der Waals surface area contributed by atoms with Gasteiger partial charge in [0.15, 0.2) is 11.5 Å². The van der Waals surface area contributed by atoms with Crippen LogP contribution >= 0.6 is 0 Å². The number of benzene rings is 1. The molecule has 8 nitrogen and oxygen atoms in total. The number of hydrogen-bond donors (Lipinski definition) is 0. The van der Waals surface area contributed by atoms with Crippen molar-refractivity contribution in [3.8, 4) is 11.5 Å². The molecule has 33 heavy (non-hydrogen) atoms. The normalized spacial score (nSPS) is 21.9. The molecule has 1 aromatic carbocycles. The van der Waals surface area contributed by atoms with E-state index < -0.39 is 0 Å². The molecule has 2 saturated heterocycles. The number of aromatic nitrogens is 1. The van der Waals surface area contributed by atoms with Crippen molar-refractivity contribution in [3.05, 3.63) is 53.9 Å². The van der Waals surface area contributed by atoms with Gasteiger partial charge in [0, 0.05) is 57.3 Å². The van der Waals surface area contributed by atoms with Crippen LogP contribution in [0.2, 0.25) is 0 Å². The Morgan fingerprint density at radius 3 is 2.76 bits per heavy atom. The molecule has 4 heterocycles. The number of amides is 1. The molecular weight excluding hydrogens is 422 g/mol. The predicted molar refractivity (Wildman–Crippen MR) is 121 cm³/mol. The third-order valence-corrected chi connectivity index (χ3v) is 6.52.